The molecule has 53 heavy (non-hydrogen) atoms. The molecular formula is C38H51N7O6S2. The Morgan fingerprint density at radius 1 is 0.943 bits per heavy atom. The number of amides is 5. The van der Waals surface area contributed by atoms with Gasteiger partial charge in [0.2, 0.25) is 12.3 Å². The van der Waals surface area contributed by atoms with Gasteiger partial charge >= 0.3 is 12.1 Å². The number of nitrogens with two attached hydrogens (primary N) is 1. The third kappa shape index (κ3) is 15.0. The molecule has 0 spiro atoms. The first-order chi connectivity index (χ1) is 25.4. The number of alkyl carbamates (subject to hydrolysis) is 1. The monoisotopic (exact) mass is 765 g/mol. The van der Waals surface area contributed by atoms with E-state index in [0.29, 0.717) is 25.3 Å². The van der Waals surface area contributed by atoms with E-state index in [9.17, 15) is 19.5 Å². The lowest BCUT2D eigenvalue weighted by Crippen LogP contribution is -2.55. The molecule has 0 saturated carbocycles. The number of hydrogen-bond donors (Lipinski definition) is 5. The van der Waals surface area contributed by atoms with Gasteiger partial charge in [-0.15, -0.1) is 22.7 Å². The third-order valence-electron chi connectivity index (χ3n) is 8.13. The van der Waals surface area contributed by atoms with E-state index in [1.807, 2.05) is 79.9 Å². The van der Waals surface area contributed by atoms with E-state index in [1.165, 1.54) is 16.2 Å². The molecule has 2 aromatic carbocycles. The quantitative estimate of drug-likeness (QED) is 0.0928. The number of carbonyl (C=O) groups is 4. The molecule has 0 unspecified atom stereocenters. The number of nitrogens with zero attached hydrogens (tertiary/aromatic N) is 3. The summed E-state index contributed by atoms with van der Waals surface area (Å²) in [6.07, 6.45) is 1.09. The van der Waals surface area contributed by atoms with Crippen LogP contribution in [0.1, 0.15) is 66.7 Å². The fourth-order valence-corrected chi connectivity index (χ4v) is 6.72. The van der Waals surface area contributed by atoms with Crippen LogP contribution in [0.25, 0.3) is 0 Å². The third-order valence-corrected chi connectivity index (χ3v) is 10.1. The van der Waals surface area contributed by atoms with Crippen LogP contribution in [0.2, 0.25) is 0 Å². The number of carbonyl (C=O) groups excluding carboxylic acids is 4. The molecule has 0 radical (unpaired) electrons. The van der Waals surface area contributed by atoms with E-state index >= 15 is 0 Å². The van der Waals surface area contributed by atoms with Gasteiger partial charge in [0.05, 0.1) is 39.8 Å². The van der Waals surface area contributed by atoms with Crippen LogP contribution in [0, 0.1) is 5.92 Å². The Morgan fingerprint density at radius 2 is 1.57 bits per heavy atom. The number of thiazole rings is 2. The van der Waals surface area contributed by atoms with Crippen LogP contribution in [-0.2, 0) is 40.3 Å². The second kappa shape index (κ2) is 22.3. The molecule has 0 saturated heterocycles. The highest BCUT2D eigenvalue weighted by atomic mass is 32.1. The maximum atomic E-state index is 13.9. The van der Waals surface area contributed by atoms with E-state index in [-0.39, 0.29) is 37.3 Å². The van der Waals surface area contributed by atoms with Crippen LogP contribution in [0.3, 0.4) is 0 Å². The summed E-state index contributed by atoms with van der Waals surface area (Å²) in [7, 11) is 1.68. The molecule has 5 amide bonds. The van der Waals surface area contributed by atoms with Crippen LogP contribution >= 0.6 is 22.7 Å². The zero-order chi connectivity index (χ0) is 38.8. The SMILES string of the molecule is CC(C)c1nc(CN(C)C(=O)N[C@H](C(=O)N[C@@H](Cc2ccccc2)C[C@H](O)[C@H](Cc2ccccc2)NC(=O)OCc2cncs2)C(C)C)cs1.NC=O. The lowest BCUT2D eigenvalue weighted by Gasteiger charge is -2.30. The number of primary amides is 1. The number of hydrogen-bond acceptors (Lipinski definition) is 10. The minimum Gasteiger partial charge on any atom is -0.444 e. The Balaban J connectivity index is 0.00000243. The maximum Gasteiger partial charge on any atom is 0.407 e. The summed E-state index contributed by atoms with van der Waals surface area (Å²) < 4.78 is 5.42. The smallest absolute Gasteiger partial charge is 0.407 e. The number of ether oxygens (including phenoxy) is 1. The van der Waals surface area contributed by atoms with Gasteiger partial charge < -0.3 is 36.4 Å². The van der Waals surface area contributed by atoms with Gasteiger partial charge in [0.25, 0.3) is 0 Å². The topological polar surface area (TPSA) is 189 Å². The van der Waals surface area contributed by atoms with Crippen molar-refractivity contribution in [1.29, 1.82) is 0 Å². The van der Waals surface area contributed by atoms with Gasteiger partial charge in [-0.2, -0.15) is 0 Å². The van der Waals surface area contributed by atoms with Crippen molar-refractivity contribution in [3.8, 4) is 0 Å². The van der Waals surface area contributed by atoms with E-state index in [2.05, 4.69) is 45.5 Å². The first-order valence-corrected chi connectivity index (χ1v) is 19.1. The predicted octanol–water partition coefficient (Wildman–Crippen LogP) is 5.01. The van der Waals surface area contributed by atoms with Crippen molar-refractivity contribution in [2.75, 3.05) is 7.05 Å². The van der Waals surface area contributed by atoms with Gasteiger partial charge in [0.1, 0.15) is 12.6 Å². The molecule has 13 nitrogen and oxygen atoms in total. The number of urea groups is 1. The highest BCUT2D eigenvalue weighted by Gasteiger charge is 2.31. The molecule has 2 aromatic heterocycles. The highest BCUT2D eigenvalue weighted by Crippen LogP contribution is 2.20. The predicted molar refractivity (Wildman–Crippen MR) is 207 cm³/mol. The van der Waals surface area contributed by atoms with E-state index in [4.69, 9.17) is 9.53 Å². The normalized spacial score (nSPS) is 13.1. The number of aliphatic hydroxyl groups is 1. The zero-order valence-corrected chi connectivity index (χ0v) is 32.4. The first-order valence-electron chi connectivity index (χ1n) is 17.4. The molecule has 4 rings (SSSR count). The summed E-state index contributed by atoms with van der Waals surface area (Å²) in [5.41, 5.74) is 8.52. The number of nitrogens with one attached hydrogen (secondary N) is 3. The van der Waals surface area contributed by atoms with E-state index in [1.54, 1.807) is 30.1 Å². The maximum absolute atomic E-state index is 13.9. The van der Waals surface area contributed by atoms with Crippen LogP contribution in [-0.4, -0.2) is 75.7 Å². The standard InChI is InChI=1S/C37H48N6O5S2.CH3NO/c1-24(2)33(42-36(46)43(5)20-29-22-49-35(40-29)25(3)4)34(45)39-28(16-26-12-8-6-9-13-26)18-32(44)31(17-27-14-10-7-11-15-27)41-37(47)48-21-30-19-38-23-50-30;2-1-3/h6-15,19,22-25,28,31-33,44H,16-18,20-21H2,1-5H3,(H,39,45)(H,41,47)(H,42,46);1H,(H2,2,3)/t28-,31-,32-,33-;/m0./s1. The molecular weight excluding hydrogens is 715 g/mol. The van der Waals surface area contributed by atoms with E-state index < -0.39 is 30.3 Å². The van der Waals surface area contributed by atoms with Crippen molar-refractivity contribution in [1.82, 2.24) is 30.8 Å². The minimum absolute atomic E-state index is 0.0671. The summed E-state index contributed by atoms with van der Waals surface area (Å²) in [5.74, 6) is -0.277. The molecule has 15 heteroatoms. The molecule has 6 N–H and O–H groups in total. The Bertz CT molecular complexity index is 1670. The second-order valence-corrected chi connectivity index (χ2v) is 15.0. The number of benzene rings is 2. The van der Waals surface area contributed by atoms with Crippen LogP contribution in [0.4, 0.5) is 9.59 Å². The molecule has 4 aromatic rings. The summed E-state index contributed by atoms with van der Waals surface area (Å²) in [6, 6.07) is 16.8. The van der Waals surface area contributed by atoms with Crippen molar-refractivity contribution < 1.29 is 29.0 Å². The molecule has 0 fully saturated rings. The second-order valence-electron chi connectivity index (χ2n) is 13.2. The van der Waals surface area contributed by atoms with Gasteiger partial charge in [-0.1, -0.05) is 88.4 Å². The number of rotatable bonds is 17. The molecule has 4 atom stereocenters. The highest BCUT2D eigenvalue weighted by molar-refractivity contribution is 7.09. The Morgan fingerprint density at radius 3 is 2.11 bits per heavy atom. The molecule has 0 aliphatic rings. The fraction of sp³-hybridized carbons (Fsp3) is 0.421. The first kappa shape index (κ1) is 42.6. The summed E-state index contributed by atoms with van der Waals surface area (Å²) in [5, 5.41) is 23.5. The number of aliphatic hydroxyl groups excluding tert-OH is 1. The number of aromatic nitrogens is 2. The summed E-state index contributed by atoms with van der Waals surface area (Å²) >= 11 is 2.95. The molecule has 286 valence electrons. The molecule has 0 bridgehead atoms. The lowest BCUT2D eigenvalue weighted by molar-refractivity contribution is -0.124. The van der Waals surface area contributed by atoms with Crippen molar-refractivity contribution in [3.63, 3.8) is 0 Å². The van der Waals surface area contributed by atoms with Gasteiger partial charge in [0, 0.05) is 30.6 Å². The van der Waals surface area contributed by atoms with Crippen LogP contribution in [0.5, 0.6) is 0 Å². The molecule has 0 aliphatic carbocycles. The minimum atomic E-state index is -1.05. The Labute approximate surface area is 319 Å². The van der Waals surface area contributed by atoms with Gasteiger partial charge in [-0.05, 0) is 36.3 Å². The van der Waals surface area contributed by atoms with Crippen molar-refractivity contribution in [2.24, 2.45) is 11.7 Å². The van der Waals surface area contributed by atoms with Gasteiger partial charge in [-0.3, -0.25) is 14.6 Å². The fourth-order valence-electron chi connectivity index (χ4n) is 5.39. The summed E-state index contributed by atoms with van der Waals surface area (Å²) in [6.45, 7) is 8.28. The largest absolute Gasteiger partial charge is 0.444 e. The lowest BCUT2D eigenvalue weighted by atomic mass is 9.93. The van der Waals surface area contributed by atoms with Crippen LogP contribution < -0.4 is 21.7 Å². The average Bonchev–Trinajstić information content (AvgIpc) is 3.83. The zero-order valence-electron chi connectivity index (χ0n) is 30.8. The van der Waals surface area contributed by atoms with Gasteiger partial charge in [-0.25, -0.2) is 14.6 Å². The van der Waals surface area contributed by atoms with Crippen LogP contribution in [0.15, 0.2) is 77.8 Å². The molecule has 0 aliphatic heterocycles. The van der Waals surface area contributed by atoms with Crippen molar-refractivity contribution in [2.45, 2.75) is 90.3 Å². The Kier molecular flexibility index (Phi) is 17.9. The average molecular weight is 766 g/mol. The Hall–Kier alpha value is -4.86. The summed E-state index contributed by atoms with van der Waals surface area (Å²) in [4.78, 5) is 59.6. The van der Waals surface area contributed by atoms with Gasteiger partial charge in [0.15, 0.2) is 0 Å². The molecule has 2 heterocycles. The van der Waals surface area contributed by atoms with Crippen molar-refractivity contribution >= 4 is 47.1 Å². The van der Waals surface area contributed by atoms with Crippen molar-refractivity contribution in [3.05, 3.63) is 104 Å². The van der Waals surface area contributed by atoms with E-state index in [0.717, 1.165) is 26.7 Å².